The van der Waals surface area contributed by atoms with Crippen LogP contribution in [0.2, 0.25) is 0 Å². The number of nitrogens with two attached hydrogens (primary N) is 1. The lowest BCUT2D eigenvalue weighted by molar-refractivity contribution is -0.118. The van der Waals surface area contributed by atoms with Crippen LogP contribution in [-0.2, 0) is 14.4 Å². The first kappa shape index (κ1) is 24.0. The number of amides is 3. The number of pyridine rings is 1. The van der Waals surface area contributed by atoms with Crippen LogP contribution in [0.15, 0.2) is 73.1 Å². The fourth-order valence-electron chi connectivity index (χ4n) is 4.63. The molecule has 3 heterocycles. The molecule has 3 amide bonds. The van der Waals surface area contributed by atoms with Gasteiger partial charge in [-0.3, -0.25) is 14.4 Å². The number of nitrogens with zero attached hydrogens (tertiary/aromatic N) is 2. The van der Waals surface area contributed by atoms with E-state index in [1.165, 1.54) is 0 Å². The Bertz CT molecular complexity index is 1510. The van der Waals surface area contributed by atoms with Crippen molar-refractivity contribution in [2.24, 2.45) is 5.73 Å². The second kappa shape index (κ2) is 10.1. The highest BCUT2D eigenvalue weighted by molar-refractivity contribution is 6.24. The molecule has 2 aromatic heterocycles. The monoisotopic (exact) mass is 493 g/mol. The van der Waals surface area contributed by atoms with Crippen molar-refractivity contribution in [1.82, 2.24) is 9.97 Å². The Morgan fingerprint density at radius 1 is 1.11 bits per heavy atom. The molecule has 1 saturated heterocycles. The molecule has 1 aliphatic heterocycles. The number of hydrogen-bond acceptors (Lipinski definition) is 4. The molecule has 0 bridgehead atoms. The SMILES string of the molecule is CC(C(=O)Nc1ccnc2[nH]cc(/C=C(/C(N)=O)c3ccccc3)c12)c1ccc(N2CCCC2=O)cc1. The molecule has 1 unspecified atom stereocenters. The van der Waals surface area contributed by atoms with E-state index in [-0.39, 0.29) is 11.8 Å². The van der Waals surface area contributed by atoms with Gasteiger partial charge in [0.25, 0.3) is 0 Å². The number of rotatable bonds is 7. The molecule has 0 saturated carbocycles. The third-order valence-corrected chi connectivity index (χ3v) is 6.68. The van der Waals surface area contributed by atoms with Gasteiger partial charge in [0.05, 0.1) is 11.6 Å². The van der Waals surface area contributed by atoms with E-state index >= 15 is 0 Å². The van der Waals surface area contributed by atoms with Gasteiger partial charge in [0.2, 0.25) is 17.7 Å². The summed E-state index contributed by atoms with van der Waals surface area (Å²) in [5.41, 5.74) is 10.3. The largest absolute Gasteiger partial charge is 0.366 e. The van der Waals surface area contributed by atoms with Crippen molar-refractivity contribution in [3.05, 3.63) is 89.7 Å². The quantitative estimate of drug-likeness (QED) is 0.329. The summed E-state index contributed by atoms with van der Waals surface area (Å²) in [4.78, 5) is 46.7. The average molecular weight is 494 g/mol. The standard InChI is InChI=1S/C29H27N5O3/c1-18(19-9-11-22(12-10-19)34-15-5-8-25(34)35)29(37)33-24-13-14-31-28-26(24)21(17-32-28)16-23(27(30)36)20-6-3-2-4-7-20/h2-4,6-7,9-14,16-18H,5,8,15H2,1H3,(H2,30,36)(H2,31,32,33,37)/b23-16+. The third-order valence-electron chi connectivity index (χ3n) is 6.68. The fourth-order valence-corrected chi connectivity index (χ4v) is 4.63. The van der Waals surface area contributed by atoms with Crippen LogP contribution in [0.1, 0.15) is 42.4 Å². The van der Waals surface area contributed by atoms with Crippen molar-refractivity contribution in [3.63, 3.8) is 0 Å². The molecule has 8 heteroatoms. The van der Waals surface area contributed by atoms with Crippen molar-refractivity contribution in [1.29, 1.82) is 0 Å². The minimum Gasteiger partial charge on any atom is -0.366 e. The lowest BCUT2D eigenvalue weighted by Crippen LogP contribution is -2.23. The molecule has 1 atom stereocenters. The Morgan fingerprint density at radius 2 is 1.86 bits per heavy atom. The van der Waals surface area contributed by atoms with Crippen LogP contribution in [0, 0.1) is 0 Å². The molecule has 1 fully saturated rings. The first-order valence-electron chi connectivity index (χ1n) is 12.2. The van der Waals surface area contributed by atoms with E-state index < -0.39 is 11.8 Å². The van der Waals surface area contributed by atoms with E-state index in [4.69, 9.17) is 5.73 Å². The molecule has 37 heavy (non-hydrogen) atoms. The van der Waals surface area contributed by atoms with Gasteiger partial charge in [-0.1, -0.05) is 42.5 Å². The summed E-state index contributed by atoms with van der Waals surface area (Å²) >= 11 is 0. The molecule has 8 nitrogen and oxygen atoms in total. The van der Waals surface area contributed by atoms with Gasteiger partial charge >= 0.3 is 0 Å². The zero-order valence-electron chi connectivity index (χ0n) is 20.4. The lowest BCUT2D eigenvalue weighted by atomic mass is 9.99. The number of H-pyrrole nitrogens is 1. The molecule has 1 aliphatic rings. The first-order chi connectivity index (χ1) is 17.9. The van der Waals surface area contributed by atoms with Crippen molar-refractivity contribution >= 4 is 51.8 Å². The Morgan fingerprint density at radius 3 is 2.54 bits per heavy atom. The van der Waals surface area contributed by atoms with Crippen molar-refractivity contribution < 1.29 is 14.4 Å². The Kier molecular flexibility index (Phi) is 6.55. The minimum atomic E-state index is -0.553. The summed E-state index contributed by atoms with van der Waals surface area (Å²) in [5, 5.41) is 3.70. The average Bonchev–Trinajstić information content (AvgIpc) is 3.53. The number of primary amides is 1. The topological polar surface area (TPSA) is 121 Å². The van der Waals surface area contributed by atoms with Crippen LogP contribution in [-0.4, -0.2) is 34.2 Å². The number of benzene rings is 2. The highest BCUT2D eigenvalue weighted by Gasteiger charge is 2.23. The zero-order valence-corrected chi connectivity index (χ0v) is 20.4. The molecule has 0 radical (unpaired) electrons. The highest BCUT2D eigenvalue weighted by atomic mass is 16.2. The minimum absolute atomic E-state index is 0.128. The zero-order chi connectivity index (χ0) is 25.9. The summed E-state index contributed by atoms with van der Waals surface area (Å²) in [6.45, 7) is 2.56. The summed E-state index contributed by atoms with van der Waals surface area (Å²) < 4.78 is 0. The summed E-state index contributed by atoms with van der Waals surface area (Å²) in [6, 6.07) is 18.5. The smallest absolute Gasteiger partial charge is 0.249 e. The highest BCUT2D eigenvalue weighted by Crippen LogP contribution is 2.30. The van der Waals surface area contributed by atoms with Gasteiger partial charge in [-0.05, 0) is 48.7 Å². The van der Waals surface area contributed by atoms with Gasteiger partial charge in [0, 0.05) is 47.6 Å². The fraction of sp³-hybridized carbons (Fsp3) is 0.172. The second-order valence-electron chi connectivity index (χ2n) is 9.07. The number of aromatic amines is 1. The molecule has 0 aliphatic carbocycles. The number of carbonyl (C=O) groups is 3. The maximum atomic E-state index is 13.2. The number of hydrogen-bond donors (Lipinski definition) is 3. The lowest BCUT2D eigenvalue weighted by Gasteiger charge is -2.18. The van der Waals surface area contributed by atoms with E-state index in [1.807, 2.05) is 61.5 Å². The van der Waals surface area contributed by atoms with Gasteiger partial charge in [-0.25, -0.2) is 4.98 Å². The second-order valence-corrected chi connectivity index (χ2v) is 9.07. The predicted octanol–water partition coefficient (Wildman–Crippen LogP) is 4.46. The Labute approximate surface area is 214 Å². The van der Waals surface area contributed by atoms with Crippen molar-refractivity contribution in [3.8, 4) is 0 Å². The van der Waals surface area contributed by atoms with Gasteiger partial charge in [-0.2, -0.15) is 0 Å². The molecule has 4 N–H and O–H groups in total. The van der Waals surface area contributed by atoms with Crippen LogP contribution in [0.25, 0.3) is 22.7 Å². The summed E-state index contributed by atoms with van der Waals surface area (Å²) in [5.74, 6) is -1.05. The van der Waals surface area contributed by atoms with Crippen LogP contribution >= 0.6 is 0 Å². The van der Waals surface area contributed by atoms with E-state index in [0.717, 1.165) is 24.2 Å². The maximum absolute atomic E-state index is 13.2. The van der Waals surface area contributed by atoms with E-state index in [9.17, 15) is 14.4 Å². The molecule has 2 aromatic carbocycles. The van der Waals surface area contributed by atoms with Crippen LogP contribution in [0.3, 0.4) is 0 Å². The maximum Gasteiger partial charge on any atom is 0.249 e. The number of nitrogens with one attached hydrogen (secondary N) is 2. The molecule has 0 spiro atoms. The number of fused-ring (bicyclic) bond motifs is 1. The number of aromatic nitrogens is 2. The first-order valence-corrected chi connectivity index (χ1v) is 12.2. The number of anilines is 2. The van der Waals surface area contributed by atoms with Crippen LogP contribution in [0.5, 0.6) is 0 Å². The van der Waals surface area contributed by atoms with Gasteiger partial charge in [0.15, 0.2) is 0 Å². The molecule has 5 rings (SSSR count). The van der Waals surface area contributed by atoms with Gasteiger partial charge in [-0.15, -0.1) is 0 Å². The summed E-state index contributed by atoms with van der Waals surface area (Å²) in [7, 11) is 0. The van der Waals surface area contributed by atoms with E-state index in [2.05, 4.69) is 15.3 Å². The van der Waals surface area contributed by atoms with Crippen molar-refractivity contribution in [2.45, 2.75) is 25.7 Å². The van der Waals surface area contributed by atoms with Crippen molar-refractivity contribution in [2.75, 3.05) is 16.8 Å². The molecular formula is C29H27N5O3. The van der Waals surface area contributed by atoms with Gasteiger partial charge in [0.1, 0.15) is 5.65 Å². The van der Waals surface area contributed by atoms with Crippen LogP contribution in [0.4, 0.5) is 11.4 Å². The predicted molar refractivity (Wildman–Crippen MR) is 145 cm³/mol. The van der Waals surface area contributed by atoms with E-state index in [1.54, 1.807) is 29.4 Å². The normalized spacial score (nSPS) is 14.7. The van der Waals surface area contributed by atoms with E-state index in [0.29, 0.717) is 39.8 Å². The van der Waals surface area contributed by atoms with Crippen LogP contribution < -0.4 is 16.0 Å². The number of carbonyl (C=O) groups excluding carboxylic acids is 3. The Hall–Kier alpha value is -4.72. The third kappa shape index (κ3) is 4.86. The van der Waals surface area contributed by atoms with Gasteiger partial charge < -0.3 is 20.9 Å². The molecule has 4 aromatic rings. The Balaban J connectivity index is 1.41. The molecule has 186 valence electrons. The summed E-state index contributed by atoms with van der Waals surface area (Å²) in [6.07, 6.45) is 6.49. The molecular weight excluding hydrogens is 466 g/mol.